The van der Waals surface area contributed by atoms with Gasteiger partial charge in [0, 0.05) is 0 Å². The van der Waals surface area contributed by atoms with Crippen molar-refractivity contribution in [2.75, 3.05) is 6.54 Å². The summed E-state index contributed by atoms with van der Waals surface area (Å²) >= 11 is 0. The zero-order valence-electron chi connectivity index (χ0n) is 7.79. The van der Waals surface area contributed by atoms with Gasteiger partial charge in [-0.05, 0) is 43.6 Å². The summed E-state index contributed by atoms with van der Waals surface area (Å²) in [5.74, 6) is 1.70. The molecule has 2 rings (SSSR count). The summed E-state index contributed by atoms with van der Waals surface area (Å²) in [5.41, 5.74) is 5.20. The van der Waals surface area contributed by atoms with E-state index in [4.69, 9.17) is 5.73 Å². The standard InChI is InChI=1S/C10H19NO/c1-7(6-11)10(12)4-2-3-8-5-9(8)10/h7-9,12H,2-6,11H2,1H3. The van der Waals surface area contributed by atoms with Crippen LogP contribution in [0.15, 0.2) is 0 Å². The molecule has 0 saturated heterocycles. The molecular weight excluding hydrogens is 150 g/mol. The molecule has 2 aliphatic carbocycles. The van der Waals surface area contributed by atoms with Crippen molar-refractivity contribution in [2.45, 2.75) is 38.2 Å². The van der Waals surface area contributed by atoms with E-state index in [9.17, 15) is 5.11 Å². The van der Waals surface area contributed by atoms with Crippen molar-refractivity contribution in [2.24, 2.45) is 23.5 Å². The molecule has 0 aromatic carbocycles. The van der Waals surface area contributed by atoms with Gasteiger partial charge in [0.15, 0.2) is 0 Å². The Morgan fingerprint density at radius 1 is 1.67 bits per heavy atom. The van der Waals surface area contributed by atoms with Crippen molar-refractivity contribution in [1.29, 1.82) is 0 Å². The molecule has 2 aliphatic rings. The molecular formula is C10H19NO. The van der Waals surface area contributed by atoms with E-state index in [0.717, 1.165) is 12.3 Å². The smallest absolute Gasteiger partial charge is 0.0715 e. The summed E-state index contributed by atoms with van der Waals surface area (Å²) in [6, 6.07) is 0. The number of fused-ring (bicyclic) bond motifs is 1. The molecule has 4 unspecified atom stereocenters. The molecule has 0 spiro atoms. The first-order valence-electron chi connectivity index (χ1n) is 5.11. The normalized spacial score (nSPS) is 48.2. The number of hydrogen-bond donors (Lipinski definition) is 2. The highest BCUT2D eigenvalue weighted by atomic mass is 16.3. The van der Waals surface area contributed by atoms with Crippen LogP contribution >= 0.6 is 0 Å². The zero-order valence-corrected chi connectivity index (χ0v) is 7.79. The largest absolute Gasteiger partial charge is 0.389 e. The van der Waals surface area contributed by atoms with Gasteiger partial charge in [0.05, 0.1) is 5.60 Å². The first kappa shape index (κ1) is 8.52. The van der Waals surface area contributed by atoms with Gasteiger partial charge in [-0.3, -0.25) is 0 Å². The fraction of sp³-hybridized carbons (Fsp3) is 1.00. The van der Waals surface area contributed by atoms with Crippen LogP contribution in [0.5, 0.6) is 0 Å². The maximum absolute atomic E-state index is 10.4. The summed E-state index contributed by atoms with van der Waals surface area (Å²) < 4.78 is 0. The highest BCUT2D eigenvalue weighted by Gasteiger charge is 2.55. The highest BCUT2D eigenvalue weighted by molar-refractivity contribution is 5.06. The molecule has 2 nitrogen and oxygen atoms in total. The van der Waals surface area contributed by atoms with Gasteiger partial charge < -0.3 is 10.8 Å². The van der Waals surface area contributed by atoms with E-state index in [-0.39, 0.29) is 5.92 Å². The molecule has 0 aromatic heterocycles. The summed E-state index contributed by atoms with van der Waals surface area (Å²) in [4.78, 5) is 0. The van der Waals surface area contributed by atoms with Crippen molar-refractivity contribution in [1.82, 2.24) is 0 Å². The predicted octanol–water partition coefficient (Wildman–Crippen LogP) is 1.13. The lowest BCUT2D eigenvalue weighted by Gasteiger charge is -2.37. The van der Waals surface area contributed by atoms with Gasteiger partial charge in [-0.15, -0.1) is 0 Å². The number of aliphatic hydroxyl groups is 1. The third kappa shape index (κ3) is 1.09. The van der Waals surface area contributed by atoms with Crippen LogP contribution in [0.3, 0.4) is 0 Å². The summed E-state index contributed by atoms with van der Waals surface area (Å²) in [7, 11) is 0. The van der Waals surface area contributed by atoms with Crippen LogP contribution in [0.1, 0.15) is 32.6 Å². The SMILES string of the molecule is CC(CN)C1(O)CCCC2CC21. The molecule has 0 amide bonds. The van der Waals surface area contributed by atoms with Gasteiger partial charge in [0.1, 0.15) is 0 Å². The van der Waals surface area contributed by atoms with Crippen LogP contribution in [0.4, 0.5) is 0 Å². The fourth-order valence-electron chi connectivity index (χ4n) is 2.83. The van der Waals surface area contributed by atoms with E-state index in [2.05, 4.69) is 6.92 Å². The van der Waals surface area contributed by atoms with Crippen molar-refractivity contribution in [3.63, 3.8) is 0 Å². The Kier molecular flexibility index (Phi) is 1.92. The first-order chi connectivity index (χ1) is 5.68. The number of hydrogen-bond acceptors (Lipinski definition) is 2. The fourth-order valence-corrected chi connectivity index (χ4v) is 2.83. The van der Waals surface area contributed by atoms with Crippen LogP contribution in [0, 0.1) is 17.8 Å². The summed E-state index contributed by atoms with van der Waals surface area (Å²) in [6.45, 7) is 2.71. The Labute approximate surface area is 74.1 Å². The topological polar surface area (TPSA) is 46.2 Å². The van der Waals surface area contributed by atoms with E-state index >= 15 is 0 Å². The summed E-state index contributed by atoms with van der Waals surface area (Å²) in [5, 5.41) is 10.4. The Morgan fingerprint density at radius 3 is 3.08 bits per heavy atom. The van der Waals surface area contributed by atoms with Crippen molar-refractivity contribution in [3.8, 4) is 0 Å². The molecule has 0 radical (unpaired) electrons. The van der Waals surface area contributed by atoms with Gasteiger partial charge in [-0.2, -0.15) is 0 Å². The second-order valence-corrected chi connectivity index (χ2v) is 4.62. The lowest BCUT2D eigenvalue weighted by Crippen LogP contribution is -2.44. The molecule has 4 atom stereocenters. The van der Waals surface area contributed by atoms with Gasteiger partial charge in [-0.1, -0.05) is 13.3 Å². The van der Waals surface area contributed by atoms with Gasteiger partial charge in [-0.25, -0.2) is 0 Å². The molecule has 70 valence electrons. The minimum absolute atomic E-state index is 0.285. The highest BCUT2D eigenvalue weighted by Crippen LogP contribution is 2.56. The van der Waals surface area contributed by atoms with Crippen LogP contribution in [-0.4, -0.2) is 17.3 Å². The minimum atomic E-state index is -0.405. The van der Waals surface area contributed by atoms with Crippen LogP contribution in [0.25, 0.3) is 0 Å². The molecule has 0 aliphatic heterocycles. The maximum atomic E-state index is 10.4. The molecule has 0 heterocycles. The van der Waals surface area contributed by atoms with Crippen molar-refractivity contribution in [3.05, 3.63) is 0 Å². The van der Waals surface area contributed by atoms with E-state index in [1.54, 1.807) is 0 Å². The second-order valence-electron chi connectivity index (χ2n) is 4.62. The Morgan fingerprint density at radius 2 is 2.42 bits per heavy atom. The number of rotatable bonds is 2. The third-order valence-electron chi connectivity index (χ3n) is 3.92. The zero-order chi connectivity index (χ0) is 8.77. The van der Waals surface area contributed by atoms with Crippen molar-refractivity contribution < 1.29 is 5.11 Å². The van der Waals surface area contributed by atoms with E-state index in [1.807, 2.05) is 0 Å². The summed E-state index contributed by atoms with van der Waals surface area (Å²) in [6.07, 6.45) is 4.76. The average molecular weight is 169 g/mol. The van der Waals surface area contributed by atoms with E-state index < -0.39 is 5.60 Å². The third-order valence-corrected chi connectivity index (χ3v) is 3.92. The van der Waals surface area contributed by atoms with Gasteiger partial charge >= 0.3 is 0 Å². The van der Waals surface area contributed by atoms with Gasteiger partial charge in [0.25, 0.3) is 0 Å². The lowest BCUT2D eigenvalue weighted by molar-refractivity contribution is -0.0539. The van der Waals surface area contributed by atoms with Crippen LogP contribution in [0.2, 0.25) is 0 Å². The second kappa shape index (κ2) is 2.71. The molecule has 0 aromatic rings. The monoisotopic (exact) mass is 169 g/mol. The average Bonchev–Trinajstić information content (AvgIpc) is 2.83. The molecule has 3 N–H and O–H groups in total. The molecule has 2 fully saturated rings. The maximum Gasteiger partial charge on any atom is 0.0715 e. The predicted molar refractivity (Wildman–Crippen MR) is 48.6 cm³/mol. The van der Waals surface area contributed by atoms with Crippen molar-refractivity contribution >= 4 is 0 Å². The van der Waals surface area contributed by atoms with Crippen LogP contribution < -0.4 is 5.73 Å². The van der Waals surface area contributed by atoms with E-state index in [1.165, 1.54) is 19.3 Å². The Bertz CT molecular complexity index is 179. The van der Waals surface area contributed by atoms with E-state index in [0.29, 0.717) is 12.5 Å². The van der Waals surface area contributed by atoms with Crippen LogP contribution in [-0.2, 0) is 0 Å². The molecule has 2 saturated carbocycles. The Balaban J connectivity index is 2.08. The molecule has 2 heteroatoms. The number of nitrogens with two attached hydrogens (primary N) is 1. The quantitative estimate of drug-likeness (QED) is 0.651. The van der Waals surface area contributed by atoms with Gasteiger partial charge in [0.2, 0.25) is 0 Å². The minimum Gasteiger partial charge on any atom is -0.389 e. The lowest BCUT2D eigenvalue weighted by atomic mass is 9.76. The Hall–Kier alpha value is -0.0800. The molecule has 0 bridgehead atoms. The molecule has 12 heavy (non-hydrogen) atoms. The first-order valence-corrected chi connectivity index (χ1v) is 5.11.